The predicted molar refractivity (Wildman–Crippen MR) is 65.8 cm³/mol. The van der Waals surface area contributed by atoms with Crippen molar-refractivity contribution in [2.75, 3.05) is 18.6 Å². The van der Waals surface area contributed by atoms with E-state index >= 15 is 0 Å². The molecule has 0 fully saturated rings. The minimum absolute atomic E-state index is 0.146. The summed E-state index contributed by atoms with van der Waals surface area (Å²) in [6.07, 6.45) is 0. The average Bonchev–Trinajstić information content (AvgIpc) is 2.17. The zero-order valence-electron chi connectivity index (χ0n) is 10.4. The molecule has 0 spiro atoms. The van der Waals surface area contributed by atoms with Crippen LogP contribution in [0.25, 0.3) is 0 Å². The van der Waals surface area contributed by atoms with Crippen LogP contribution in [-0.2, 0) is 0 Å². The molecule has 0 heterocycles. The van der Waals surface area contributed by atoms with Crippen LogP contribution in [0.2, 0.25) is 0 Å². The fourth-order valence-corrected chi connectivity index (χ4v) is 1.32. The molecular weight excluding hydrogens is 186 g/mol. The molecule has 1 aromatic carbocycles. The lowest BCUT2D eigenvalue weighted by molar-refractivity contribution is 0.340. The summed E-state index contributed by atoms with van der Waals surface area (Å²) in [6.45, 7) is 9.31. The van der Waals surface area contributed by atoms with E-state index in [1.165, 1.54) is 5.69 Å². The molecule has 0 saturated heterocycles. The van der Waals surface area contributed by atoms with E-state index in [2.05, 4.69) is 44.9 Å². The van der Waals surface area contributed by atoms with Crippen LogP contribution >= 0.6 is 0 Å². The maximum Gasteiger partial charge on any atom is 0.119 e. The highest BCUT2D eigenvalue weighted by Gasteiger charge is 2.16. The molecule has 0 aliphatic rings. The van der Waals surface area contributed by atoms with Crippen LogP contribution in [0.15, 0.2) is 24.3 Å². The van der Waals surface area contributed by atoms with Crippen LogP contribution in [0.5, 0.6) is 5.75 Å². The molecule has 0 amide bonds. The second-order valence-corrected chi connectivity index (χ2v) is 4.66. The summed E-state index contributed by atoms with van der Waals surface area (Å²) in [5, 5.41) is 0. The summed E-state index contributed by atoms with van der Waals surface area (Å²) >= 11 is 0. The zero-order valence-corrected chi connectivity index (χ0v) is 10.4. The molecule has 0 saturated carbocycles. The zero-order chi connectivity index (χ0) is 11.5. The molecule has 0 radical (unpaired) electrons. The lowest BCUT2D eigenvalue weighted by Gasteiger charge is -2.34. The number of hydrogen-bond acceptors (Lipinski definition) is 2. The van der Waals surface area contributed by atoms with Crippen LogP contribution in [0.3, 0.4) is 0 Å². The van der Waals surface area contributed by atoms with Gasteiger partial charge in [0.2, 0.25) is 0 Å². The van der Waals surface area contributed by atoms with Crippen LogP contribution < -0.4 is 9.64 Å². The first-order chi connectivity index (χ1) is 6.95. The van der Waals surface area contributed by atoms with Crippen molar-refractivity contribution in [1.29, 1.82) is 0 Å². The lowest BCUT2D eigenvalue weighted by atomic mass is 10.1. The summed E-state index contributed by atoms with van der Waals surface area (Å²) in [5.74, 6) is 0.934. The third-order valence-corrected chi connectivity index (χ3v) is 2.54. The van der Waals surface area contributed by atoms with Gasteiger partial charge in [-0.3, -0.25) is 0 Å². The van der Waals surface area contributed by atoms with E-state index in [9.17, 15) is 0 Å². The Balaban J connectivity index is 2.80. The molecule has 0 atom stereocenters. The predicted octanol–water partition coefficient (Wildman–Crippen LogP) is 3.32. The summed E-state index contributed by atoms with van der Waals surface area (Å²) in [7, 11) is 2.11. The molecule has 2 nitrogen and oxygen atoms in total. The molecule has 1 aromatic rings. The van der Waals surface area contributed by atoms with Crippen molar-refractivity contribution in [3.05, 3.63) is 24.3 Å². The van der Waals surface area contributed by atoms with E-state index in [0.29, 0.717) is 6.61 Å². The van der Waals surface area contributed by atoms with E-state index in [1.54, 1.807) is 0 Å². The minimum atomic E-state index is 0.146. The fourth-order valence-electron chi connectivity index (χ4n) is 1.32. The van der Waals surface area contributed by atoms with E-state index in [0.717, 1.165) is 5.75 Å². The molecule has 0 bridgehead atoms. The molecule has 0 N–H and O–H groups in total. The van der Waals surface area contributed by atoms with Crippen molar-refractivity contribution >= 4 is 5.69 Å². The second-order valence-electron chi connectivity index (χ2n) is 4.66. The van der Waals surface area contributed by atoms with Gasteiger partial charge in [0.15, 0.2) is 0 Å². The van der Waals surface area contributed by atoms with Gasteiger partial charge in [-0.25, -0.2) is 0 Å². The highest BCUT2D eigenvalue weighted by Crippen LogP contribution is 2.24. The topological polar surface area (TPSA) is 12.5 Å². The van der Waals surface area contributed by atoms with Crippen molar-refractivity contribution in [3.63, 3.8) is 0 Å². The van der Waals surface area contributed by atoms with Gasteiger partial charge >= 0.3 is 0 Å². The molecular formula is C13H21NO. The van der Waals surface area contributed by atoms with Gasteiger partial charge in [-0.1, -0.05) is 0 Å². The number of nitrogens with zero attached hydrogens (tertiary/aromatic N) is 1. The summed E-state index contributed by atoms with van der Waals surface area (Å²) in [5.41, 5.74) is 1.36. The fraction of sp³-hybridized carbons (Fsp3) is 0.538. The number of anilines is 1. The smallest absolute Gasteiger partial charge is 0.119 e. The van der Waals surface area contributed by atoms with Gasteiger partial charge in [-0.05, 0) is 52.0 Å². The van der Waals surface area contributed by atoms with Crippen molar-refractivity contribution in [2.24, 2.45) is 0 Å². The Morgan fingerprint density at radius 2 is 1.67 bits per heavy atom. The lowest BCUT2D eigenvalue weighted by Crippen LogP contribution is -2.37. The third-order valence-electron chi connectivity index (χ3n) is 2.54. The van der Waals surface area contributed by atoms with Gasteiger partial charge in [-0.15, -0.1) is 0 Å². The second kappa shape index (κ2) is 4.56. The maximum absolute atomic E-state index is 5.41. The minimum Gasteiger partial charge on any atom is -0.494 e. The van der Waals surface area contributed by atoms with Crippen LogP contribution in [0, 0.1) is 0 Å². The monoisotopic (exact) mass is 207 g/mol. The van der Waals surface area contributed by atoms with Crippen LogP contribution in [0.4, 0.5) is 5.69 Å². The summed E-state index contributed by atoms with van der Waals surface area (Å²) < 4.78 is 5.41. The van der Waals surface area contributed by atoms with Gasteiger partial charge in [-0.2, -0.15) is 0 Å². The third kappa shape index (κ3) is 3.15. The SMILES string of the molecule is CCOc1ccc(N(C)C(C)(C)C)cc1. The first-order valence-electron chi connectivity index (χ1n) is 5.42. The molecule has 0 unspecified atom stereocenters. The average molecular weight is 207 g/mol. The Kier molecular flexibility index (Phi) is 3.61. The maximum atomic E-state index is 5.41. The van der Waals surface area contributed by atoms with Gasteiger partial charge in [0.1, 0.15) is 5.75 Å². The highest BCUT2D eigenvalue weighted by molar-refractivity contribution is 5.50. The molecule has 15 heavy (non-hydrogen) atoms. The van der Waals surface area contributed by atoms with Crippen molar-refractivity contribution in [3.8, 4) is 5.75 Å². The molecule has 0 aromatic heterocycles. The van der Waals surface area contributed by atoms with Crippen molar-refractivity contribution < 1.29 is 4.74 Å². The Hall–Kier alpha value is -1.18. The van der Waals surface area contributed by atoms with E-state index < -0.39 is 0 Å². The summed E-state index contributed by atoms with van der Waals surface area (Å²) in [4.78, 5) is 2.25. The van der Waals surface area contributed by atoms with E-state index in [1.807, 2.05) is 19.1 Å². The molecule has 2 heteroatoms. The number of hydrogen-bond donors (Lipinski definition) is 0. The number of rotatable bonds is 3. The molecule has 84 valence electrons. The summed E-state index contributed by atoms with van der Waals surface area (Å²) in [6, 6.07) is 8.22. The highest BCUT2D eigenvalue weighted by atomic mass is 16.5. The van der Waals surface area contributed by atoms with E-state index in [-0.39, 0.29) is 5.54 Å². The normalized spacial score (nSPS) is 11.3. The van der Waals surface area contributed by atoms with Gasteiger partial charge < -0.3 is 9.64 Å². The first-order valence-corrected chi connectivity index (χ1v) is 5.42. The molecule has 1 rings (SSSR count). The van der Waals surface area contributed by atoms with Crippen LogP contribution in [0.1, 0.15) is 27.7 Å². The van der Waals surface area contributed by atoms with Crippen molar-refractivity contribution in [2.45, 2.75) is 33.2 Å². The Morgan fingerprint density at radius 3 is 2.07 bits per heavy atom. The Morgan fingerprint density at radius 1 is 1.13 bits per heavy atom. The van der Waals surface area contributed by atoms with Crippen molar-refractivity contribution in [1.82, 2.24) is 0 Å². The van der Waals surface area contributed by atoms with Gasteiger partial charge in [0.05, 0.1) is 6.61 Å². The molecule has 0 aliphatic carbocycles. The standard InChI is InChI=1S/C13H21NO/c1-6-15-12-9-7-11(8-10-12)14(5)13(2,3)4/h7-10H,6H2,1-5H3. The van der Waals surface area contributed by atoms with Gasteiger partial charge in [0.25, 0.3) is 0 Å². The van der Waals surface area contributed by atoms with Crippen LogP contribution in [-0.4, -0.2) is 19.2 Å². The van der Waals surface area contributed by atoms with E-state index in [4.69, 9.17) is 4.74 Å². The van der Waals surface area contributed by atoms with Gasteiger partial charge in [0, 0.05) is 18.3 Å². The Labute approximate surface area is 92.9 Å². The largest absolute Gasteiger partial charge is 0.494 e. The number of ether oxygens (including phenoxy) is 1. The quantitative estimate of drug-likeness (QED) is 0.754. The first kappa shape index (κ1) is 11.9. The number of benzene rings is 1. The Bertz CT molecular complexity index is 297. The molecule has 0 aliphatic heterocycles.